The quantitative estimate of drug-likeness (QED) is 0.629. The fourth-order valence-electron chi connectivity index (χ4n) is 3.17. The third-order valence-corrected chi connectivity index (χ3v) is 4.76. The number of ether oxygens (including phenoxy) is 1. The first-order valence-electron chi connectivity index (χ1n) is 8.81. The number of benzene rings is 1. The van der Waals surface area contributed by atoms with Crippen LogP contribution >= 0.6 is 0 Å². The highest BCUT2D eigenvalue weighted by Gasteiger charge is 2.34. The zero-order chi connectivity index (χ0) is 21.2. The molecule has 7 heteroatoms. The SMILES string of the molecule is C=C(O)C/C(=C/C)c1c(C)cc(OCc2cc(C(F)(F)F)nn2C)c(C)c1C. The number of allylic oxidation sites excluding steroid dienone is 2. The highest BCUT2D eigenvalue weighted by atomic mass is 19.4. The van der Waals surface area contributed by atoms with Crippen molar-refractivity contribution in [2.45, 2.75) is 46.9 Å². The van der Waals surface area contributed by atoms with Crippen LogP contribution in [-0.4, -0.2) is 14.9 Å². The molecule has 2 aromatic rings. The number of rotatable bonds is 6. The Morgan fingerprint density at radius 3 is 2.39 bits per heavy atom. The number of alkyl halides is 3. The van der Waals surface area contributed by atoms with Gasteiger partial charge in [-0.1, -0.05) is 12.7 Å². The minimum absolute atomic E-state index is 0.0252. The molecule has 4 nitrogen and oxygen atoms in total. The molecule has 0 unspecified atom stereocenters. The third-order valence-electron chi connectivity index (χ3n) is 4.76. The van der Waals surface area contributed by atoms with Gasteiger partial charge in [0.25, 0.3) is 0 Å². The molecule has 0 bridgehead atoms. The Morgan fingerprint density at radius 2 is 1.89 bits per heavy atom. The van der Waals surface area contributed by atoms with Crippen LogP contribution in [0.25, 0.3) is 5.57 Å². The van der Waals surface area contributed by atoms with Gasteiger partial charge in [-0.25, -0.2) is 0 Å². The van der Waals surface area contributed by atoms with Crippen LogP contribution in [0.4, 0.5) is 13.2 Å². The lowest BCUT2D eigenvalue weighted by atomic mass is 9.90. The highest BCUT2D eigenvalue weighted by Crippen LogP contribution is 2.35. The standard InChI is InChI=1S/C21H25F3N2O2/c1-7-16(9-13(3)27)20-12(2)8-18(14(4)15(20)5)28-11-17-10-19(21(22,23)24)25-26(17)6/h7-8,10,27H,3,9,11H2,1-2,4-6H3/b16-7-. The topological polar surface area (TPSA) is 47.3 Å². The summed E-state index contributed by atoms with van der Waals surface area (Å²) in [5.41, 5.74) is 4.20. The van der Waals surface area contributed by atoms with E-state index in [1.165, 1.54) is 11.7 Å². The van der Waals surface area contributed by atoms with Gasteiger partial charge in [0.1, 0.15) is 12.4 Å². The van der Waals surface area contributed by atoms with Crippen molar-refractivity contribution >= 4 is 5.57 Å². The maximum absolute atomic E-state index is 12.8. The van der Waals surface area contributed by atoms with Gasteiger partial charge in [-0.15, -0.1) is 0 Å². The number of hydrogen-bond donors (Lipinski definition) is 1. The Bertz CT molecular complexity index is 925. The molecule has 1 heterocycles. The zero-order valence-electron chi connectivity index (χ0n) is 16.7. The first kappa shape index (κ1) is 21.6. The minimum atomic E-state index is -4.49. The summed E-state index contributed by atoms with van der Waals surface area (Å²) < 4.78 is 45.4. The third kappa shape index (κ3) is 4.58. The largest absolute Gasteiger partial charge is 0.513 e. The van der Waals surface area contributed by atoms with E-state index >= 15 is 0 Å². The molecule has 0 amide bonds. The molecule has 0 aliphatic carbocycles. The molecule has 1 N–H and O–H groups in total. The van der Waals surface area contributed by atoms with Crippen molar-refractivity contribution in [2.75, 3.05) is 0 Å². The Morgan fingerprint density at radius 1 is 1.25 bits per heavy atom. The molecule has 1 aromatic heterocycles. The summed E-state index contributed by atoms with van der Waals surface area (Å²) in [4.78, 5) is 0. The van der Waals surface area contributed by atoms with E-state index in [0.717, 1.165) is 33.9 Å². The van der Waals surface area contributed by atoms with Crippen LogP contribution in [0.15, 0.2) is 30.5 Å². The molecule has 0 aliphatic heterocycles. The van der Waals surface area contributed by atoms with Gasteiger partial charge < -0.3 is 9.84 Å². The minimum Gasteiger partial charge on any atom is -0.513 e. The van der Waals surface area contributed by atoms with Crippen molar-refractivity contribution in [3.63, 3.8) is 0 Å². The van der Waals surface area contributed by atoms with E-state index in [1.807, 2.05) is 39.8 Å². The van der Waals surface area contributed by atoms with Gasteiger partial charge >= 0.3 is 6.18 Å². The van der Waals surface area contributed by atoms with Crippen molar-refractivity contribution in [3.8, 4) is 5.75 Å². The Balaban J connectivity index is 2.32. The van der Waals surface area contributed by atoms with Crippen molar-refractivity contribution < 1.29 is 23.0 Å². The maximum Gasteiger partial charge on any atom is 0.435 e. The van der Waals surface area contributed by atoms with Gasteiger partial charge in [-0.2, -0.15) is 18.3 Å². The summed E-state index contributed by atoms with van der Waals surface area (Å²) in [6.45, 7) is 11.2. The van der Waals surface area contributed by atoms with Crippen molar-refractivity contribution in [1.82, 2.24) is 9.78 Å². The van der Waals surface area contributed by atoms with Gasteiger partial charge in [0.15, 0.2) is 5.69 Å². The predicted molar refractivity (Wildman–Crippen MR) is 103 cm³/mol. The molecule has 1 aromatic carbocycles. The van der Waals surface area contributed by atoms with E-state index in [0.29, 0.717) is 17.9 Å². The summed E-state index contributed by atoms with van der Waals surface area (Å²) in [6.07, 6.45) is -2.20. The molecule has 0 saturated heterocycles. The van der Waals surface area contributed by atoms with E-state index < -0.39 is 11.9 Å². The number of aliphatic hydroxyl groups is 1. The zero-order valence-corrected chi connectivity index (χ0v) is 16.7. The van der Waals surface area contributed by atoms with Gasteiger partial charge in [0, 0.05) is 13.5 Å². The molecule has 152 valence electrons. The molecule has 0 aliphatic rings. The molecule has 28 heavy (non-hydrogen) atoms. The molecule has 0 saturated carbocycles. The lowest BCUT2D eigenvalue weighted by molar-refractivity contribution is -0.141. The summed E-state index contributed by atoms with van der Waals surface area (Å²) in [7, 11) is 1.46. The second-order valence-corrected chi connectivity index (χ2v) is 6.80. The molecule has 0 radical (unpaired) electrons. The van der Waals surface area contributed by atoms with Crippen molar-refractivity contribution in [1.29, 1.82) is 0 Å². The van der Waals surface area contributed by atoms with Gasteiger partial charge in [-0.05, 0) is 67.7 Å². The molecule has 0 atom stereocenters. The number of nitrogens with zero attached hydrogens (tertiary/aromatic N) is 2. The lowest BCUT2D eigenvalue weighted by Crippen LogP contribution is -2.07. The summed E-state index contributed by atoms with van der Waals surface area (Å²) in [5.74, 6) is 0.688. The second-order valence-electron chi connectivity index (χ2n) is 6.80. The number of aliphatic hydroxyl groups excluding tert-OH is 1. The monoisotopic (exact) mass is 394 g/mol. The van der Waals surface area contributed by atoms with Crippen molar-refractivity contribution in [3.05, 3.63) is 64.2 Å². The van der Waals surface area contributed by atoms with E-state index in [9.17, 15) is 18.3 Å². The van der Waals surface area contributed by atoms with Crippen LogP contribution in [0.2, 0.25) is 0 Å². The highest BCUT2D eigenvalue weighted by molar-refractivity contribution is 5.74. The normalized spacial score (nSPS) is 12.4. The van der Waals surface area contributed by atoms with E-state index in [2.05, 4.69) is 11.7 Å². The fraction of sp³-hybridized carbons (Fsp3) is 0.381. The molecular formula is C21H25F3N2O2. The Kier molecular flexibility index (Phi) is 6.27. The van der Waals surface area contributed by atoms with E-state index in [4.69, 9.17) is 4.74 Å². The van der Waals surface area contributed by atoms with Gasteiger partial charge in [0.2, 0.25) is 0 Å². The lowest BCUT2D eigenvalue weighted by Gasteiger charge is -2.19. The molecule has 0 spiro atoms. The average molecular weight is 394 g/mol. The average Bonchev–Trinajstić information content (AvgIpc) is 2.96. The van der Waals surface area contributed by atoms with Crippen LogP contribution in [0.1, 0.15) is 47.0 Å². The first-order chi connectivity index (χ1) is 13.0. The van der Waals surface area contributed by atoms with Crippen LogP contribution in [0.3, 0.4) is 0 Å². The van der Waals surface area contributed by atoms with Crippen molar-refractivity contribution in [2.24, 2.45) is 7.05 Å². The summed E-state index contributed by atoms with van der Waals surface area (Å²) in [6, 6.07) is 2.86. The fourth-order valence-corrected chi connectivity index (χ4v) is 3.17. The first-order valence-corrected chi connectivity index (χ1v) is 8.81. The molecule has 0 fully saturated rings. The Hall–Kier alpha value is -2.70. The smallest absolute Gasteiger partial charge is 0.435 e. The number of halogens is 3. The molecular weight excluding hydrogens is 369 g/mol. The van der Waals surface area contributed by atoms with Gasteiger partial charge in [-0.3, -0.25) is 4.68 Å². The predicted octanol–water partition coefficient (Wildman–Crippen LogP) is 5.81. The summed E-state index contributed by atoms with van der Waals surface area (Å²) in [5, 5.41) is 13.1. The number of aromatic nitrogens is 2. The van der Waals surface area contributed by atoms with Gasteiger partial charge in [0.05, 0.1) is 11.5 Å². The maximum atomic E-state index is 12.8. The van der Waals surface area contributed by atoms with Crippen LogP contribution in [0, 0.1) is 20.8 Å². The van der Waals surface area contributed by atoms with E-state index in [-0.39, 0.29) is 12.4 Å². The van der Waals surface area contributed by atoms with E-state index in [1.54, 1.807) is 0 Å². The number of hydrogen-bond acceptors (Lipinski definition) is 3. The van der Waals surface area contributed by atoms with Crippen LogP contribution < -0.4 is 4.74 Å². The van der Waals surface area contributed by atoms with Crippen LogP contribution in [0.5, 0.6) is 5.75 Å². The van der Waals surface area contributed by atoms with Crippen LogP contribution in [-0.2, 0) is 19.8 Å². The summed E-state index contributed by atoms with van der Waals surface area (Å²) >= 11 is 0. The Labute approximate surface area is 163 Å². The number of aryl methyl sites for hydroxylation is 2. The molecule has 2 rings (SSSR count). The second kappa shape index (κ2) is 8.12.